The van der Waals surface area contributed by atoms with Gasteiger partial charge in [-0.25, -0.2) is 4.79 Å². The molecule has 46 heavy (non-hydrogen) atoms. The van der Waals surface area contributed by atoms with Gasteiger partial charge >= 0.3 is 11.9 Å². The number of allylic oxidation sites excluding steroid dienone is 1. The summed E-state index contributed by atoms with van der Waals surface area (Å²) >= 11 is 0. The van der Waals surface area contributed by atoms with Crippen LogP contribution in [0.25, 0.3) is 0 Å². The van der Waals surface area contributed by atoms with E-state index >= 15 is 0 Å². The molecular formula is C36H46O10. The van der Waals surface area contributed by atoms with Crippen LogP contribution in [-0.2, 0) is 38.0 Å². The lowest BCUT2D eigenvalue weighted by Crippen LogP contribution is -2.67. The number of hydrogen-bond donors (Lipinski definition) is 1. The van der Waals surface area contributed by atoms with E-state index in [2.05, 4.69) is 26.8 Å². The number of aliphatic carboxylic acids is 1. The molecule has 7 rings (SSSR count). The number of fused-ring (bicyclic) bond motifs is 2. The smallest absolute Gasteiger partial charge is 0.339 e. The maximum absolute atomic E-state index is 14.2. The number of hydrogen-bond acceptors (Lipinski definition) is 9. The molecule has 1 N–H and O–H groups in total. The van der Waals surface area contributed by atoms with Crippen molar-refractivity contribution in [3.05, 3.63) is 47.5 Å². The zero-order valence-electron chi connectivity index (χ0n) is 27.3. The molecule has 2 heterocycles. The number of methoxy groups -OCH3 is 1. The molecule has 4 aliphatic carbocycles. The van der Waals surface area contributed by atoms with E-state index in [4.69, 9.17) is 28.4 Å². The molecule has 11 atom stereocenters. The van der Waals surface area contributed by atoms with Crippen molar-refractivity contribution in [2.75, 3.05) is 26.9 Å². The summed E-state index contributed by atoms with van der Waals surface area (Å²) < 4.78 is 36.8. The van der Waals surface area contributed by atoms with Gasteiger partial charge in [0.05, 0.1) is 31.5 Å². The summed E-state index contributed by atoms with van der Waals surface area (Å²) in [6, 6.07) is 8.44. The minimum absolute atomic E-state index is 0.0167. The number of carbonyl (C=O) groups excluding carboxylic acids is 2. The van der Waals surface area contributed by atoms with Gasteiger partial charge in [-0.1, -0.05) is 57.0 Å². The first kappa shape index (κ1) is 31.9. The fourth-order valence-corrected chi connectivity index (χ4v) is 10.9. The lowest BCUT2D eigenvalue weighted by atomic mass is 9.42. The number of carboxylic acid groups (broad SMARTS) is 1. The summed E-state index contributed by atoms with van der Waals surface area (Å²) in [4.78, 5) is 41.1. The molecule has 4 bridgehead atoms. The Kier molecular flexibility index (Phi) is 7.99. The molecular weight excluding hydrogens is 592 g/mol. The highest BCUT2D eigenvalue weighted by atomic mass is 16.7. The van der Waals surface area contributed by atoms with Crippen molar-refractivity contribution < 1.29 is 47.9 Å². The fraction of sp³-hybridized carbons (Fsp3) is 0.694. The highest BCUT2D eigenvalue weighted by molar-refractivity contribution is 5.95. The Morgan fingerprint density at radius 1 is 1.04 bits per heavy atom. The van der Waals surface area contributed by atoms with Crippen molar-refractivity contribution in [1.29, 1.82) is 0 Å². The predicted molar refractivity (Wildman–Crippen MR) is 163 cm³/mol. The van der Waals surface area contributed by atoms with Gasteiger partial charge in [0.1, 0.15) is 11.5 Å². The third-order valence-corrected chi connectivity index (χ3v) is 12.5. The molecule has 0 spiro atoms. The Labute approximate surface area is 270 Å². The number of benzene rings is 1. The number of esters is 1. The summed E-state index contributed by atoms with van der Waals surface area (Å²) in [6.45, 7) is 9.02. The zero-order chi connectivity index (χ0) is 32.6. The van der Waals surface area contributed by atoms with Gasteiger partial charge < -0.3 is 33.5 Å². The van der Waals surface area contributed by atoms with E-state index in [-0.39, 0.29) is 30.3 Å². The predicted octanol–water partition coefficient (Wildman–Crippen LogP) is 4.66. The third kappa shape index (κ3) is 4.16. The second-order valence-electron chi connectivity index (χ2n) is 14.7. The molecule has 3 saturated carbocycles. The van der Waals surface area contributed by atoms with E-state index in [9.17, 15) is 19.5 Å². The molecule has 2 saturated heterocycles. The Hall–Kier alpha value is -2.63. The van der Waals surface area contributed by atoms with Crippen molar-refractivity contribution in [1.82, 2.24) is 0 Å². The summed E-state index contributed by atoms with van der Waals surface area (Å²) in [5.41, 5.74) is -1.69. The Bertz CT molecular complexity index is 1400. The number of ether oxygens (including phenoxy) is 6. The van der Waals surface area contributed by atoms with Crippen LogP contribution in [0.1, 0.15) is 63.7 Å². The maximum atomic E-state index is 14.2. The van der Waals surface area contributed by atoms with E-state index in [0.717, 1.165) is 18.4 Å². The maximum Gasteiger partial charge on any atom is 0.339 e. The van der Waals surface area contributed by atoms with Gasteiger partial charge in [-0.3, -0.25) is 9.59 Å². The van der Waals surface area contributed by atoms with Crippen molar-refractivity contribution in [3.8, 4) is 0 Å². The van der Waals surface area contributed by atoms with Gasteiger partial charge in [0, 0.05) is 17.9 Å². The molecule has 0 amide bonds. The SMILES string of the molecule is CO[C@H]1C(=O)[C@@H](OC(=O)c2ccccc2)[C@H](OCC23CC4C(C)CCC4C4(C5OCCO5)CC2C=C(C(C)C)C34C(=O)O)O[C@@H]1C. The molecule has 0 aromatic heterocycles. The molecule has 7 unspecified atom stereocenters. The van der Waals surface area contributed by atoms with E-state index in [0.29, 0.717) is 37.5 Å². The number of ketones is 1. The van der Waals surface area contributed by atoms with Crippen molar-refractivity contribution in [2.24, 2.45) is 45.8 Å². The second kappa shape index (κ2) is 11.5. The average molecular weight is 639 g/mol. The van der Waals surface area contributed by atoms with Crippen LogP contribution >= 0.6 is 0 Å². The minimum Gasteiger partial charge on any atom is -0.481 e. The number of carboxylic acids is 1. The van der Waals surface area contributed by atoms with Crippen LogP contribution in [0.5, 0.6) is 0 Å². The molecule has 0 radical (unpaired) electrons. The third-order valence-electron chi connectivity index (χ3n) is 12.5. The standard InChI is InChI=1S/C36H46O10/c1-19(2)26-15-23-16-35(33-42-13-14-43-33)25-12-11-20(3)24(25)17-34(23,36(26,35)32(39)40)18-44-31-29(27(37)28(41-5)21(4)45-31)46-30(38)22-9-7-6-8-10-22/h6-10,15,19-21,23-25,28-29,31,33H,11-14,16-18H2,1-5H3,(H,39,40)/t20?,21-,23?,24?,25?,28-,29-,31-,34?,35?,36?/m1/s1. The largest absolute Gasteiger partial charge is 0.481 e. The molecule has 10 heteroatoms. The highest BCUT2D eigenvalue weighted by Crippen LogP contribution is 2.84. The first-order chi connectivity index (χ1) is 22.0. The van der Waals surface area contributed by atoms with Gasteiger partial charge in [0.15, 0.2) is 6.29 Å². The van der Waals surface area contributed by atoms with Gasteiger partial charge in [-0.05, 0) is 67.9 Å². The molecule has 1 aromatic rings. The zero-order valence-corrected chi connectivity index (χ0v) is 27.3. The minimum atomic E-state index is -1.39. The first-order valence-electron chi connectivity index (χ1n) is 16.8. The molecule has 250 valence electrons. The van der Waals surface area contributed by atoms with Gasteiger partial charge in [-0.2, -0.15) is 0 Å². The Balaban J connectivity index is 1.29. The number of rotatable bonds is 9. The van der Waals surface area contributed by atoms with Crippen molar-refractivity contribution in [2.45, 2.75) is 84.3 Å². The van der Waals surface area contributed by atoms with Crippen LogP contribution in [0.15, 0.2) is 42.0 Å². The monoisotopic (exact) mass is 638 g/mol. The highest BCUT2D eigenvalue weighted by Gasteiger charge is 2.86. The summed E-state index contributed by atoms with van der Waals surface area (Å²) in [7, 11) is 1.42. The van der Waals surface area contributed by atoms with E-state index in [1.54, 1.807) is 37.3 Å². The number of Topliss-reactive ketones (excluding diaryl/α,β-unsaturated/α-hetero) is 1. The summed E-state index contributed by atoms with van der Waals surface area (Å²) in [6.07, 6.45) is 0.587. The second-order valence-corrected chi connectivity index (χ2v) is 14.7. The normalized spacial score (nSPS) is 43.2. The van der Waals surface area contributed by atoms with Crippen LogP contribution in [0.4, 0.5) is 0 Å². The lowest BCUT2D eigenvalue weighted by Gasteiger charge is -2.61. The van der Waals surface area contributed by atoms with Crippen LogP contribution in [0.3, 0.4) is 0 Å². The Morgan fingerprint density at radius 3 is 2.41 bits per heavy atom. The molecule has 1 aromatic carbocycles. The van der Waals surface area contributed by atoms with Crippen LogP contribution in [-0.4, -0.2) is 80.7 Å². The van der Waals surface area contributed by atoms with E-state index in [1.165, 1.54) is 7.11 Å². The first-order valence-corrected chi connectivity index (χ1v) is 16.8. The summed E-state index contributed by atoms with van der Waals surface area (Å²) in [5, 5.41) is 11.6. The molecule has 10 nitrogen and oxygen atoms in total. The van der Waals surface area contributed by atoms with Crippen LogP contribution in [0, 0.1) is 45.8 Å². The van der Waals surface area contributed by atoms with Crippen LogP contribution < -0.4 is 0 Å². The van der Waals surface area contributed by atoms with Gasteiger partial charge in [0.2, 0.25) is 18.2 Å². The molecule has 2 aliphatic heterocycles. The van der Waals surface area contributed by atoms with E-state index in [1.807, 2.05) is 0 Å². The molecule has 6 aliphatic rings. The molecule has 5 fully saturated rings. The van der Waals surface area contributed by atoms with Crippen molar-refractivity contribution >= 4 is 17.7 Å². The van der Waals surface area contributed by atoms with Gasteiger partial charge in [0.25, 0.3) is 0 Å². The average Bonchev–Trinajstić information content (AvgIpc) is 3.80. The topological polar surface area (TPSA) is 127 Å². The Morgan fingerprint density at radius 2 is 1.76 bits per heavy atom. The lowest BCUT2D eigenvalue weighted by molar-refractivity contribution is -0.276. The fourth-order valence-electron chi connectivity index (χ4n) is 10.9. The van der Waals surface area contributed by atoms with Crippen LogP contribution in [0.2, 0.25) is 0 Å². The van der Waals surface area contributed by atoms with Crippen molar-refractivity contribution in [3.63, 3.8) is 0 Å². The summed E-state index contributed by atoms with van der Waals surface area (Å²) in [5.74, 6) is -1.30. The van der Waals surface area contributed by atoms with Gasteiger partial charge in [-0.15, -0.1) is 0 Å². The van der Waals surface area contributed by atoms with E-state index < -0.39 is 64.9 Å². The quantitative estimate of drug-likeness (QED) is 0.302. The number of carbonyl (C=O) groups is 3.